The fraction of sp³-hybridized carbons (Fsp3) is 0.292. The van der Waals surface area contributed by atoms with Crippen LogP contribution in [0.15, 0.2) is 60.8 Å². The Bertz CT molecular complexity index is 1050. The van der Waals surface area contributed by atoms with Crippen LogP contribution in [0.3, 0.4) is 0 Å². The molecule has 32 heavy (non-hydrogen) atoms. The van der Waals surface area contributed by atoms with Gasteiger partial charge in [0.15, 0.2) is 0 Å². The number of nitrogens with zero attached hydrogens (tertiary/aromatic N) is 4. The Morgan fingerprint density at radius 3 is 2.56 bits per heavy atom. The Morgan fingerprint density at radius 2 is 1.81 bits per heavy atom. The number of rotatable bonds is 7. The average Bonchev–Trinajstić information content (AvgIpc) is 2.81. The molecule has 0 bridgehead atoms. The van der Waals surface area contributed by atoms with Crippen molar-refractivity contribution in [3.05, 3.63) is 72.2 Å². The third-order valence-corrected chi connectivity index (χ3v) is 5.35. The van der Waals surface area contributed by atoms with Crippen LogP contribution in [0.2, 0.25) is 0 Å². The minimum atomic E-state index is -0.318. The van der Waals surface area contributed by atoms with Crippen LogP contribution in [-0.4, -0.2) is 53.5 Å². The normalized spacial score (nSPS) is 14.2. The molecule has 1 N–H and O–H groups in total. The van der Waals surface area contributed by atoms with Gasteiger partial charge in [-0.3, -0.25) is 9.69 Å². The van der Waals surface area contributed by atoms with Gasteiger partial charge in [-0.25, -0.2) is 9.37 Å². The van der Waals surface area contributed by atoms with Crippen LogP contribution in [0.1, 0.15) is 12.5 Å². The highest BCUT2D eigenvalue weighted by Crippen LogP contribution is 2.22. The third-order valence-electron chi connectivity index (χ3n) is 5.35. The second kappa shape index (κ2) is 10.2. The highest BCUT2D eigenvalue weighted by atomic mass is 19.1. The summed E-state index contributed by atoms with van der Waals surface area (Å²) in [6.45, 7) is 5.30. The maximum absolute atomic E-state index is 13.1. The number of para-hydroxylation sites is 1. The third kappa shape index (κ3) is 5.59. The largest absolute Gasteiger partial charge is 0.439 e. The second-order valence-electron chi connectivity index (χ2n) is 7.57. The zero-order valence-corrected chi connectivity index (χ0v) is 18.0. The van der Waals surface area contributed by atoms with Gasteiger partial charge in [-0.1, -0.05) is 25.1 Å². The van der Waals surface area contributed by atoms with E-state index in [2.05, 4.69) is 32.0 Å². The van der Waals surface area contributed by atoms with E-state index in [1.165, 1.54) is 12.1 Å². The van der Waals surface area contributed by atoms with E-state index in [1.54, 1.807) is 24.4 Å². The van der Waals surface area contributed by atoms with Crippen LogP contribution >= 0.6 is 0 Å². The van der Waals surface area contributed by atoms with Gasteiger partial charge in [-0.2, -0.15) is 4.98 Å². The Hall–Kier alpha value is -3.52. The smallest absolute Gasteiger partial charge is 0.238 e. The highest BCUT2D eigenvalue weighted by Gasteiger charge is 2.21. The molecule has 1 aromatic heterocycles. The molecule has 8 heteroatoms. The lowest BCUT2D eigenvalue weighted by Crippen LogP contribution is -2.49. The first-order chi connectivity index (χ1) is 15.6. The van der Waals surface area contributed by atoms with Crippen LogP contribution < -0.4 is 15.0 Å². The summed E-state index contributed by atoms with van der Waals surface area (Å²) in [5.41, 5.74) is 2.01. The Morgan fingerprint density at radius 1 is 1.06 bits per heavy atom. The summed E-state index contributed by atoms with van der Waals surface area (Å²) in [4.78, 5) is 25.5. The highest BCUT2D eigenvalue weighted by molar-refractivity contribution is 5.93. The quantitative estimate of drug-likeness (QED) is 0.610. The van der Waals surface area contributed by atoms with Crippen molar-refractivity contribution in [1.82, 2.24) is 14.9 Å². The lowest BCUT2D eigenvalue weighted by Gasteiger charge is -2.34. The molecule has 1 saturated heterocycles. The number of amides is 1. The van der Waals surface area contributed by atoms with E-state index in [-0.39, 0.29) is 11.7 Å². The molecule has 2 heterocycles. The van der Waals surface area contributed by atoms with Crippen LogP contribution in [-0.2, 0) is 11.2 Å². The van der Waals surface area contributed by atoms with E-state index in [9.17, 15) is 9.18 Å². The maximum Gasteiger partial charge on any atom is 0.238 e. The molecule has 1 fully saturated rings. The maximum atomic E-state index is 13.1. The number of aryl methyl sites for hydroxylation is 1. The van der Waals surface area contributed by atoms with Gasteiger partial charge in [0.25, 0.3) is 0 Å². The fourth-order valence-electron chi connectivity index (χ4n) is 3.61. The number of aromatic nitrogens is 2. The van der Waals surface area contributed by atoms with Gasteiger partial charge < -0.3 is 15.0 Å². The molecule has 3 aromatic rings. The molecule has 0 aliphatic carbocycles. The molecule has 2 aromatic carbocycles. The van der Waals surface area contributed by atoms with Crippen LogP contribution in [0.5, 0.6) is 11.6 Å². The molecule has 7 nitrogen and oxygen atoms in total. The van der Waals surface area contributed by atoms with E-state index in [1.807, 2.05) is 24.3 Å². The molecule has 0 atom stereocenters. The first-order valence-corrected chi connectivity index (χ1v) is 10.7. The predicted octanol–water partition coefficient (Wildman–Crippen LogP) is 3.73. The number of benzene rings is 2. The number of hydrogen-bond acceptors (Lipinski definition) is 6. The van der Waals surface area contributed by atoms with Gasteiger partial charge in [-0.15, -0.1) is 0 Å². The van der Waals surface area contributed by atoms with Gasteiger partial charge in [0, 0.05) is 44.1 Å². The van der Waals surface area contributed by atoms with E-state index in [4.69, 9.17) is 4.74 Å². The number of halogens is 1. The number of ether oxygens (including phenoxy) is 1. The Kier molecular flexibility index (Phi) is 6.91. The van der Waals surface area contributed by atoms with Crippen molar-refractivity contribution < 1.29 is 13.9 Å². The Balaban J connectivity index is 1.30. The monoisotopic (exact) mass is 435 g/mol. The molecule has 0 spiro atoms. The molecule has 0 saturated carbocycles. The number of anilines is 2. The van der Waals surface area contributed by atoms with E-state index >= 15 is 0 Å². The summed E-state index contributed by atoms with van der Waals surface area (Å²) in [5, 5.41) is 3.03. The van der Waals surface area contributed by atoms with Crippen LogP contribution in [0, 0.1) is 5.82 Å². The number of piperazine rings is 1. The zero-order chi connectivity index (χ0) is 22.3. The molecule has 166 valence electrons. The van der Waals surface area contributed by atoms with E-state index < -0.39 is 0 Å². The van der Waals surface area contributed by atoms with Crippen molar-refractivity contribution in [2.24, 2.45) is 0 Å². The van der Waals surface area contributed by atoms with Crippen molar-refractivity contribution in [2.75, 3.05) is 42.9 Å². The minimum Gasteiger partial charge on any atom is -0.439 e. The average molecular weight is 436 g/mol. The van der Waals surface area contributed by atoms with Crippen molar-refractivity contribution in [1.29, 1.82) is 0 Å². The summed E-state index contributed by atoms with van der Waals surface area (Å²) in [7, 11) is 0. The summed E-state index contributed by atoms with van der Waals surface area (Å²) in [6, 6.07) is 15.3. The fourth-order valence-corrected chi connectivity index (χ4v) is 3.61. The van der Waals surface area contributed by atoms with Crippen molar-refractivity contribution in [3.8, 4) is 11.6 Å². The predicted molar refractivity (Wildman–Crippen MR) is 122 cm³/mol. The summed E-state index contributed by atoms with van der Waals surface area (Å²) in [5.74, 6) is 1.16. The summed E-state index contributed by atoms with van der Waals surface area (Å²) < 4.78 is 18.8. The lowest BCUT2D eigenvalue weighted by atomic mass is 10.1. The summed E-state index contributed by atoms with van der Waals surface area (Å²) in [6.07, 6.45) is 2.52. The molecular formula is C24H26FN5O2. The first kappa shape index (κ1) is 21.7. The molecule has 0 unspecified atom stereocenters. The molecule has 1 aliphatic rings. The Labute approximate surface area is 186 Å². The van der Waals surface area contributed by atoms with Crippen LogP contribution in [0.4, 0.5) is 16.0 Å². The van der Waals surface area contributed by atoms with Gasteiger partial charge in [0.05, 0.1) is 6.54 Å². The minimum absolute atomic E-state index is 0.00899. The number of carbonyl (C=O) groups is 1. The standard InChI is InChI=1S/C24H26FN5O2/c1-2-18-5-3-4-6-21(18)27-22(31)17-29-13-15-30(16-14-29)24-26-12-11-23(28-24)32-20-9-7-19(25)8-10-20/h3-12H,2,13-17H2,1H3,(H,27,31). The van der Waals surface area contributed by atoms with Gasteiger partial charge >= 0.3 is 0 Å². The topological polar surface area (TPSA) is 70.6 Å². The molecule has 1 amide bonds. The molecule has 4 rings (SSSR count). The molecule has 0 radical (unpaired) electrons. The van der Waals surface area contributed by atoms with Crippen molar-refractivity contribution >= 4 is 17.5 Å². The van der Waals surface area contributed by atoms with Crippen molar-refractivity contribution in [2.45, 2.75) is 13.3 Å². The second-order valence-corrected chi connectivity index (χ2v) is 7.57. The molecule has 1 aliphatic heterocycles. The first-order valence-electron chi connectivity index (χ1n) is 10.7. The number of hydrogen-bond donors (Lipinski definition) is 1. The SMILES string of the molecule is CCc1ccccc1NC(=O)CN1CCN(c2nccc(Oc3ccc(F)cc3)n2)CC1. The van der Waals surface area contributed by atoms with Crippen molar-refractivity contribution in [3.63, 3.8) is 0 Å². The molecular weight excluding hydrogens is 409 g/mol. The summed E-state index contributed by atoms with van der Waals surface area (Å²) >= 11 is 0. The number of nitrogens with one attached hydrogen (secondary N) is 1. The zero-order valence-electron chi connectivity index (χ0n) is 18.0. The van der Waals surface area contributed by atoms with E-state index in [0.717, 1.165) is 30.8 Å². The van der Waals surface area contributed by atoms with Gasteiger partial charge in [-0.05, 0) is 42.3 Å². The van der Waals surface area contributed by atoms with Gasteiger partial charge in [0.2, 0.25) is 17.7 Å². The van der Waals surface area contributed by atoms with E-state index in [0.29, 0.717) is 37.2 Å². The number of carbonyl (C=O) groups excluding carboxylic acids is 1. The van der Waals surface area contributed by atoms with Crippen LogP contribution in [0.25, 0.3) is 0 Å². The lowest BCUT2D eigenvalue weighted by molar-refractivity contribution is -0.117. The van der Waals surface area contributed by atoms with Gasteiger partial charge in [0.1, 0.15) is 11.6 Å².